The van der Waals surface area contributed by atoms with Crippen LogP contribution in [-0.2, 0) is 45.2 Å². The van der Waals surface area contributed by atoms with Gasteiger partial charge in [0.1, 0.15) is 49.2 Å². The zero-order valence-corrected chi connectivity index (χ0v) is 27.3. The van der Waals surface area contributed by atoms with Crippen molar-refractivity contribution in [2.24, 2.45) is 5.14 Å². The van der Waals surface area contributed by atoms with Crippen LogP contribution in [0.15, 0.2) is 77.3 Å². The number of nitrogens with one attached hydrogen (secondary N) is 1. The lowest BCUT2D eigenvalue weighted by molar-refractivity contribution is -0.142. The number of halogens is 4. The summed E-state index contributed by atoms with van der Waals surface area (Å²) >= 11 is 0.873. The molecule has 50 heavy (non-hydrogen) atoms. The van der Waals surface area contributed by atoms with Crippen molar-refractivity contribution in [3.8, 4) is 11.5 Å². The van der Waals surface area contributed by atoms with Crippen molar-refractivity contribution in [3.05, 3.63) is 95.3 Å². The third-order valence-electron chi connectivity index (χ3n) is 7.18. The summed E-state index contributed by atoms with van der Waals surface area (Å²) in [6, 6.07) is 12.4. The fourth-order valence-corrected chi connectivity index (χ4v) is 6.41. The number of carbonyl (C=O) groups excluding carboxylic acids is 1. The van der Waals surface area contributed by atoms with Gasteiger partial charge in [-0.3, -0.25) is 4.79 Å². The molecule has 4 N–H and O–H groups in total. The van der Waals surface area contributed by atoms with Crippen LogP contribution < -0.4 is 19.9 Å². The van der Waals surface area contributed by atoms with Crippen LogP contribution >= 0.6 is 11.3 Å². The number of carboxylic acids is 1. The minimum atomic E-state index is -4.57. The highest BCUT2D eigenvalue weighted by Crippen LogP contribution is 2.30. The number of fused-ring (bicyclic) bond motifs is 1. The summed E-state index contributed by atoms with van der Waals surface area (Å²) in [7, 11) is -3.99. The Hall–Kier alpha value is -5.14. The van der Waals surface area contributed by atoms with Crippen LogP contribution in [0.5, 0.6) is 11.5 Å². The van der Waals surface area contributed by atoms with Gasteiger partial charge in [-0.05, 0) is 53.6 Å². The standard InChI is InChI=1S/C31H28F4N6O7S2/c32-11-12-47-22-7-3-19(4-8-22)14-26(28(42)37-25(29(43)44)13-18-1-5-20(6-2-18)31(33,34)35)41-16-21(39-40-41)17-48-23-9-10-24-27(15-23)49-30(38-24)50(36,45)46/h1-10,15-16,25-26H,11-14,17H2,(H,37,42)(H,43,44)(H2,36,45,46)/t25-,26+/m1/s1. The van der Waals surface area contributed by atoms with Crippen molar-refractivity contribution in [1.82, 2.24) is 25.3 Å². The van der Waals surface area contributed by atoms with E-state index in [2.05, 4.69) is 20.6 Å². The molecule has 5 rings (SSSR count). The quantitative estimate of drug-likeness (QED) is 0.132. The number of hydrogen-bond donors (Lipinski definition) is 3. The van der Waals surface area contributed by atoms with Crippen molar-refractivity contribution in [2.75, 3.05) is 13.3 Å². The molecule has 1 amide bonds. The summed E-state index contributed by atoms with van der Waals surface area (Å²) < 4.78 is 87.4. The number of aromatic nitrogens is 4. The highest BCUT2D eigenvalue weighted by molar-refractivity contribution is 7.91. The number of alkyl halides is 4. The van der Waals surface area contributed by atoms with E-state index in [1.807, 2.05) is 0 Å². The molecule has 0 saturated heterocycles. The van der Waals surface area contributed by atoms with Crippen molar-refractivity contribution >= 4 is 43.5 Å². The zero-order chi connectivity index (χ0) is 36.1. The largest absolute Gasteiger partial charge is 0.491 e. The number of amides is 1. The summed E-state index contributed by atoms with van der Waals surface area (Å²) in [6.45, 7) is -0.940. The lowest BCUT2D eigenvalue weighted by Crippen LogP contribution is -2.46. The Morgan fingerprint density at radius 1 is 0.980 bits per heavy atom. The predicted octanol–water partition coefficient (Wildman–Crippen LogP) is 4.08. The molecule has 13 nitrogen and oxygen atoms in total. The minimum Gasteiger partial charge on any atom is -0.491 e. The van der Waals surface area contributed by atoms with Gasteiger partial charge in [-0.25, -0.2) is 32.4 Å². The number of carboxylic acid groups (broad SMARTS) is 1. The molecule has 0 spiro atoms. The number of benzene rings is 3. The predicted molar refractivity (Wildman–Crippen MR) is 171 cm³/mol. The van der Waals surface area contributed by atoms with Gasteiger partial charge in [-0.1, -0.05) is 29.5 Å². The summed E-state index contributed by atoms with van der Waals surface area (Å²) in [5, 5.41) is 25.6. The molecule has 0 aliphatic rings. The molecule has 264 valence electrons. The van der Waals surface area contributed by atoms with E-state index in [4.69, 9.17) is 14.6 Å². The summed E-state index contributed by atoms with van der Waals surface area (Å²) in [5.74, 6) is -1.42. The van der Waals surface area contributed by atoms with Gasteiger partial charge >= 0.3 is 12.1 Å². The third-order valence-corrected chi connectivity index (χ3v) is 9.52. The Morgan fingerprint density at radius 3 is 2.28 bits per heavy atom. The SMILES string of the molecule is NS(=O)(=O)c1nc2ccc(OCc3cn([C@@H](Cc4ccc(OCCF)cc4)C(=O)N[C@H](Cc4ccc(C(F)(F)F)cc4)C(=O)O)nn3)cc2s1. The van der Waals surface area contributed by atoms with Gasteiger partial charge in [-0.2, -0.15) is 13.2 Å². The number of nitrogens with zero attached hydrogens (tertiary/aromatic N) is 4. The van der Waals surface area contributed by atoms with E-state index in [0.717, 1.165) is 35.6 Å². The number of carbonyl (C=O) groups is 2. The maximum atomic E-state index is 13.7. The highest BCUT2D eigenvalue weighted by atomic mass is 32.2. The normalized spacial score (nSPS) is 13.1. The van der Waals surface area contributed by atoms with Crippen LogP contribution in [0.25, 0.3) is 10.2 Å². The highest BCUT2D eigenvalue weighted by Gasteiger charge is 2.31. The number of hydrogen-bond acceptors (Lipinski definition) is 10. The number of sulfonamides is 1. The second kappa shape index (κ2) is 15.2. The molecule has 0 fully saturated rings. The first kappa shape index (κ1) is 36.1. The molecule has 3 aromatic carbocycles. The summed E-state index contributed by atoms with van der Waals surface area (Å²) in [6.07, 6.45) is -3.44. The maximum Gasteiger partial charge on any atom is 0.416 e. The lowest BCUT2D eigenvalue weighted by atomic mass is 10.0. The van der Waals surface area contributed by atoms with Gasteiger partial charge in [0.2, 0.25) is 10.2 Å². The first-order valence-electron chi connectivity index (χ1n) is 14.6. The molecule has 0 aliphatic heterocycles. The smallest absolute Gasteiger partial charge is 0.416 e. The van der Waals surface area contributed by atoms with Crippen molar-refractivity contribution < 1.29 is 50.1 Å². The molecule has 19 heteroatoms. The molecule has 0 bridgehead atoms. The Labute approximate surface area is 285 Å². The number of ether oxygens (including phenoxy) is 2. The number of rotatable bonds is 15. The molecule has 2 aromatic heterocycles. The van der Waals surface area contributed by atoms with Crippen LogP contribution in [0.4, 0.5) is 17.6 Å². The monoisotopic (exact) mass is 736 g/mol. The van der Waals surface area contributed by atoms with Gasteiger partial charge in [-0.15, -0.1) is 16.4 Å². The van der Waals surface area contributed by atoms with Gasteiger partial charge in [0.15, 0.2) is 0 Å². The molecule has 0 saturated carbocycles. The molecule has 2 atom stereocenters. The zero-order valence-electron chi connectivity index (χ0n) is 25.7. The fourth-order valence-electron chi connectivity index (χ4n) is 4.73. The Balaban J connectivity index is 1.34. The summed E-state index contributed by atoms with van der Waals surface area (Å²) in [4.78, 5) is 29.8. The number of nitrogens with two attached hydrogens (primary N) is 1. The van der Waals surface area contributed by atoms with Crippen LogP contribution in [0, 0.1) is 0 Å². The number of aliphatic carboxylic acids is 1. The number of thiazole rings is 1. The van der Waals surface area contributed by atoms with E-state index in [-0.39, 0.29) is 41.7 Å². The van der Waals surface area contributed by atoms with E-state index in [9.17, 15) is 40.7 Å². The number of primary sulfonamides is 1. The van der Waals surface area contributed by atoms with Crippen LogP contribution in [0.1, 0.15) is 28.4 Å². The first-order valence-corrected chi connectivity index (χ1v) is 17.0. The van der Waals surface area contributed by atoms with E-state index in [1.165, 1.54) is 10.9 Å². The molecular weight excluding hydrogens is 709 g/mol. The molecule has 0 aliphatic carbocycles. The van der Waals surface area contributed by atoms with Crippen molar-refractivity contribution in [1.29, 1.82) is 0 Å². The minimum absolute atomic E-state index is 0.0000699. The molecule has 2 heterocycles. The van der Waals surface area contributed by atoms with Gasteiger partial charge < -0.3 is 19.9 Å². The summed E-state index contributed by atoms with van der Waals surface area (Å²) in [5.41, 5.74) is 0.656. The molecule has 5 aromatic rings. The van der Waals surface area contributed by atoms with Crippen LogP contribution in [-0.4, -0.2) is 64.7 Å². The average Bonchev–Trinajstić information content (AvgIpc) is 3.72. The average molecular weight is 737 g/mol. The Morgan fingerprint density at radius 2 is 1.64 bits per heavy atom. The van der Waals surface area contributed by atoms with Gasteiger partial charge in [0, 0.05) is 12.8 Å². The first-order chi connectivity index (χ1) is 23.7. The molecular formula is C31H28F4N6O7S2. The molecule has 0 radical (unpaired) electrons. The fraction of sp³-hybridized carbons (Fsp3) is 0.258. The lowest BCUT2D eigenvalue weighted by Gasteiger charge is -2.21. The van der Waals surface area contributed by atoms with Gasteiger partial charge in [0.25, 0.3) is 10.0 Å². The second-order valence-corrected chi connectivity index (χ2v) is 13.6. The van der Waals surface area contributed by atoms with Crippen LogP contribution in [0.3, 0.4) is 0 Å². The Kier molecular flexibility index (Phi) is 11.0. The van der Waals surface area contributed by atoms with E-state index in [0.29, 0.717) is 27.3 Å². The van der Waals surface area contributed by atoms with E-state index in [1.54, 1.807) is 42.5 Å². The second-order valence-electron chi connectivity index (χ2n) is 10.8. The van der Waals surface area contributed by atoms with Crippen LogP contribution in [0.2, 0.25) is 0 Å². The Bertz CT molecular complexity index is 2070. The van der Waals surface area contributed by atoms with Crippen molar-refractivity contribution in [3.63, 3.8) is 0 Å². The maximum absolute atomic E-state index is 13.7. The molecule has 0 unspecified atom stereocenters. The van der Waals surface area contributed by atoms with Gasteiger partial charge in [0.05, 0.1) is 22.0 Å². The topological polar surface area (TPSA) is 189 Å². The van der Waals surface area contributed by atoms with E-state index >= 15 is 0 Å². The third kappa shape index (κ3) is 9.30. The van der Waals surface area contributed by atoms with E-state index < -0.39 is 52.4 Å². The van der Waals surface area contributed by atoms with Crippen molar-refractivity contribution in [2.45, 2.75) is 42.0 Å².